The Hall–Kier alpha value is -1.94. The lowest BCUT2D eigenvalue weighted by molar-refractivity contribution is -0.907. The summed E-state index contributed by atoms with van der Waals surface area (Å²) >= 11 is 0. The SMILES string of the molecule is CC(C)(C)[N+]1(C(=O)O)CCN(CC2OCCc3c(C#N)cccc32)CC1. The number of piperazine rings is 1. The molecule has 1 atom stereocenters. The summed E-state index contributed by atoms with van der Waals surface area (Å²) in [7, 11) is 0. The molecular formula is C20H28N3O3+. The second-order valence-corrected chi connectivity index (χ2v) is 8.26. The van der Waals surface area contributed by atoms with Crippen molar-refractivity contribution in [1.82, 2.24) is 4.90 Å². The largest absolute Gasteiger partial charge is 0.514 e. The van der Waals surface area contributed by atoms with Gasteiger partial charge in [-0.1, -0.05) is 12.1 Å². The smallest absolute Gasteiger partial charge is 0.435 e. The molecule has 26 heavy (non-hydrogen) atoms. The van der Waals surface area contributed by atoms with Crippen molar-refractivity contribution in [3.8, 4) is 6.07 Å². The van der Waals surface area contributed by atoms with Crippen LogP contribution in [0.2, 0.25) is 0 Å². The van der Waals surface area contributed by atoms with E-state index >= 15 is 0 Å². The predicted molar refractivity (Wildman–Crippen MR) is 97.8 cm³/mol. The maximum absolute atomic E-state index is 12.0. The average Bonchev–Trinajstić information content (AvgIpc) is 2.61. The lowest BCUT2D eigenvalue weighted by Crippen LogP contribution is -2.69. The molecule has 2 aliphatic heterocycles. The van der Waals surface area contributed by atoms with Crippen LogP contribution in [0.5, 0.6) is 0 Å². The predicted octanol–water partition coefficient (Wildman–Crippen LogP) is 2.78. The molecule has 2 heterocycles. The quantitative estimate of drug-likeness (QED) is 0.823. The van der Waals surface area contributed by atoms with Crippen LogP contribution < -0.4 is 0 Å². The van der Waals surface area contributed by atoms with Crippen molar-refractivity contribution >= 4 is 6.09 Å². The minimum Gasteiger partial charge on any atom is -0.435 e. The van der Waals surface area contributed by atoms with Gasteiger partial charge in [0.2, 0.25) is 0 Å². The fourth-order valence-corrected chi connectivity index (χ4v) is 4.25. The third kappa shape index (κ3) is 3.23. The van der Waals surface area contributed by atoms with E-state index in [0.29, 0.717) is 19.7 Å². The molecular weight excluding hydrogens is 330 g/mol. The third-order valence-electron chi connectivity index (χ3n) is 6.02. The van der Waals surface area contributed by atoms with Crippen molar-refractivity contribution in [1.29, 1.82) is 5.26 Å². The van der Waals surface area contributed by atoms with Gasteiger partial charge >= 0.3 is 6.09 Å². The molecule has 0 spiro atoms. The summed E-state index contributed by atoms with van der Waals surface area (Å²) in [5, 5.41) is 19.1. The molecule has 1 N–H and O–H groups in total. The van der Waals surface area contributed by atoms with Crippen LogP contribution in [-0.2, 0) is 11.2 Å². The second kappa shape index (κ2) is 6.99. The normalized spacial score (nSPS) is 23.1. The van der Waals surface area contributed by atoms with E-state index in [-0.39, 0.29) is 16.1 Å². The lowest BCUT2D eigenvalue weighted by atomic mass is 9.93. The van der Waals surface area contributed by atoms with E-state index in [4.69, 9.17) is 4.74 Å². The summed E-state index contributed by atoms with van der Waals surface area (Å²) in [6.45, 7) is 10.0. The van der Waals surface area contributed by atoms with Gasteiger partial charge in [0.05, 0.1) is 24.3 Å². The Morgan fingerprint density at radius 2 is 2.08 bits per heavy atom. The maximum atomic E-state index is 12.0. The molecule has 1 fully saturated rings. The molecule has 3 rings (SSSR count). The number of ether oxygens (including phenoxy) is 1. The van der Waals surface area contributed by atoms with Crippen LogP contribution in [0.15, 0.2) is 18.2 Å². The van der Waals surface area contributed by atoms with E-state index in [0.717, 1.165) is 42.7 Å². The van der Waals surface area contributed by atoms with Gasteiger partial charge in [-0.3, -0.25) is 4.90 Å². The van der Waals surface area contributed by atoms with Crippen molar-refractivity contribution < 1.29 is 19.1 Å². The van der Waals surface area contributed by atoms with Crippen LogP contribution in [0.4, 0.5) is 4.79 Å². The van der Waals surface area contributed by atoms with Gasteiger partial charge in [-0.25, -0.2) is 4.48 Å². The highest BCUT2D eigenvalue weighted by molar-refractivity contribution is 5.57. The number of hydrogen-bond acceptors (Lipinski definition) is 4. The average molecular weight is 358 g/mol. The molecule has 0 bridgehead atoms. The van der Waals surface area contributed by atoms with Gasteiger partial charge in [0.1, 0.15) is 18.6 Å². The van der Waals surface area contributed by atoms with Gasteiger partial charge in [0.15, 0.2) is 0 Å². The summed E-state index contributed by atoms with van der Waals surface area (Å²) in [4.78, 5) is 14.2. The van der Waals surface area contributed by atoms with Crippen LogP contribution >= 0.6 is 0 Å². The molecule has 0 aliphatic carbocycles. The standard InChI is InChI=1S/C20H27N3O3/c1-20(2,3)23(19(24)25)10-8-22(9-11-23)14-18-17-6-4-5-15(13-21)16(17)7-12-26-18/h4-6,18H,7-12,14H2,1-3H3/p+1. The van der Waals surface area contributed by atoms with E-state index in [1.165, 1.54) is 0 Å². The number of nitrogens with zero attached hydrogens (tertiary/aromatic N) is 3. The number of carboxylic acid groups (broad SMARTS) is 1. The van der Waals surface area contributed by atoms with E-state index in [1.807, 2.05) is 32.9 Å². The first-order valence-electron chi connectivity index (χ1n) is 9.25. The summed E-state index contributed by atoms with van der Waals surface area (Å²) in [5.41, 5.74) is 2.63. The van der Waals surface area contributed by atoms with Crippen LogP contribution in [0.1, 0.15) is 43.6 Å². The fraction of sp³-hybridized carbons (Fsp3) is 0.600. The Morgan fingerprint density at radius 1 is 1.38 bits per heavy atom. The Morgan fingerprint density at radius 3 is 2.65 bits per heavy atom. The summed E-state index contributed by atoms with van der Waals surface area (Å²) in [6, 6.07) is 8.12. The zero-order valence-electron chi connectivity index (χ0n) is 15.9. The van der Waals surface area contributed by atoms with Gasteiger partial charge in [-0.2, -0.15) is 10.1 Å². The highest BCUT2D eigenvalue weighted by atomic mass is 16.5. The molecule has 2 aliphatic rings. The van der Waals surface area contributed by atoms with Gasteiger partial charge in [-0.15, -0.1) is 0 Å². The Labute approximate surface area is 155 Å². The first-order chi connectivity index (χ1) is 12.3. The number of hydrogen-bond donors (Lipinski definition) is 1. The van der Waals surface area contributed by atoms with Gasteiger partial charge in [-0.05, 0) is 44.4 Å². The monoisotopic (exact) mass is 358 g/mol. The van der Waals surface area contributed by atoms with Gasteiger partial charge in [0, 0.05) is 19.6 Å². The summed E-state index contributed by atoms with van der Waals surface area (Å²) in [6.07, 6.45) is -0.0138. The molecule has 140 valence electrons. The third-order valence-corrected chi connectivity index (χ3v) is 6.02. The first-order valence-corrected chi connectivity index (χ1v) is 9.25. The molecule has 0 aromatic heterocycles. The van der Waals surface area contributed by atoms with Gasteiger partial charge < -0.3 is 9.84 Å². The van der Waals surface area contributed by atoms with Crippen LogP contribution in [0.3, 0.4) is 0 Å². The number of fused-ring (bicyclic) bond motifs is 1. The Bertz CT molecular complexity index is 725. The highest BCUT2D eigenvalue weighted by Crippen LogP contribution is 2.32. The van der Waals surface area contributed by atoms with Crippen molar-refractivity contribution in [2.45, 2.75) is 38.8 Å². The highest BCUT2D eigenvalue weighted by Gasteiger charge is 2.49. The molecule has 1 unspecified atom stereocenters. The zero-order valence-corrected chi connectivity index (χ0v) is 15.9. The number of nitriles is 1. The Kier molecular flexibility index (Phi) is 5.07. The zero-order chi connectivity index (χ0) is 18.9. The fourth-order valence-electron chi connectivity index (χ4n) is 4.25. The van der Waals surface area contributed by atoms with Crippen LogP contribution in [-0.4, -0.2) is 65.5 Å². The molecule has 0 saturated carbocycles. The Balaban J connectivity index is 1.72. The van der Waals surface area contributed by atoms with Crippen molar-refractivity contribution in [3.05, 3.63) is 34.9 Å². The molecule has 1 amide bonds. The number of benzene rings is 1. The van der Waals surface area contributed by atoms with Gasteiger partial charge in [0.25, 0.3) is 0 Å². The molecule has 6 heteroatoms. The van der Waals surface area contributed by atoms with E-state index in [1.54, 1.807) is 0 Å². The summed E-state index contributed by atoms with van der Waals surface area (Å²) in [5.74, 6) is 0. The van der Waals surface area contributed by atoms with Crippen LogP contribution in [0.25, 0.3) is 0 Å². The van der Waals surface area contributed by atoms with Crippen molar-refractivity contribution in [2.24, 2.45) is 0 Å². The minimum atomic E-state index is -0.741. The van der Waals surface area contributed by atoms with E-state index < -0.39 is 6.09 Å². The van der Waals surface area contributed by atoms with Crippen molar-refractivity contribution in [3.63, 3.8) is 0 Å². The maximum Gasteiger partial charge on any atom is 0.514 e. The molecule has 6 nitrogen and oxygen atoms in total. The molecule has 1 aromatic carbocycles. The topological polar surface area (TPSA) is 73.6 Å². The second-order valence-electron chi connectivity index (χ2n) is 8.26. The minimum absolute atomic E-state index is 0.0495. The number of carbonyl (C=O) groups is 1. The molecule has 1 aromatic rings. The number of rotatable bonds is 2. The molecule has 1 saturated heterocycles. The number of amides is 1. The number of quaternary nitrogens is 1. The summed E-state index contributed by atoms with van der Waals surface area (Å²) < 4.78 is 6.10. The van der Waals surface area contributed by atoms with Crippen molar-refractivity contribution in [2.75, 3.05) is 39.3 Å². The van der Waals surface area contributed by atoms with Crippen LogP contribution in [0, 0.1) is 11.3 Å². The van der Waals surface area contributed by atoms with E-state index in [2.05, 4.69) is 17.0 Å². The lowest BCUT2D eigenvalue weighted by Gasteiger charge is -2.48. The molecule has 0 radical (unpaired) electrons. The van der Waals surface area contributed by atoms with E-state index in [9.17, 15) is 15.2 Å². The first kappa shape index (κ1) is 18.8.